The van der Waals surface area contributed by atoms with Crippen molar-refractivity contribution in [2.75, 3.05) is 13.2 Å². The van der Waals surface area contributed by atoms with E-state index >= 15 is 0 Å². The first kappa shape index (κ1) is 26.5. The van der Waals surface area contributed by atoms with E-state index in [1.54, 1.807) is 4.57 Å². The summed E-state index contributed by atoms with van der Waals surface area (Å²) in [6.45, 7) is 8.42. The molecule has 0 aliphatic heterocycles. The van der Waals surface area contributed by atoms with Gasteiger partial charge in [-0.1, -0.05) is 79.6 Å². The summed E-state index contributed by atoms with van der Waals surface area (Å²) >= 11 is 6.26. The maximum atomic E-state index is 13.4. The van der Waals surface area contributed by atoms with Crippen LogP contribution in [0.2, 0.25) is 5.02 Å². The number of para-hydroxylation sites is 1. The van der Waals surface area contributed by atoms with Crippen molar-refractivity contribution < 1.29 is 4.74 Å². The number of benzene rings is 2. The second-order valence-corrected chi connectivity index (χ2v) is 8.94. The molecule has 0 radical (unpaired) electrons. The molecule has 0 fully saturated rings. The summed E-state index contributed by atoms with van der Waals surface area (Å²) in [4.78, 5) is 13.4. The summed E-state index contributed by atoms with van der Waals surface area (Å²) in [7, 11) is 0. The molecule has 3 aromatic rings. The molecule has 0 aliphatic carbocycles. The lowest BCUT2D eigenvalue weighted by Gasteiger charge is -2.15. The van der Waals surface area contributed by atoms with Crippen molar-refractivity contribution in [3.05, 3.63) is 111 Å². The number of allylic oxidation sites excluding steroid dienone is 4. The maximum Gasteiger partial charge on any atom is 0.255 e. The van der Waals surface area contributed by atoms with Gasteiger partial charge in [0, 0.05) is 23.7 Å². The fourth-order valence-electron chi connectivity index (χ4n) is 3.78. The van der Waals surface area contributed by atoms with Crippen LogP contribution >= 0.6 is 11.6 Å². The number of hydrogen-bond acceptors (Lipinski definition) is 3. The molecule has 1 heterocycles. The summed E-state index contributed by atoms with van der Waals surface area (Å²) < 4.78 is 7.62. The fraction of sp³-hybridized carbons (Fsp3) is 0.300. The summed E-state index contributed by atoms with van der Waals surface area (Å²) in [6, 6.07) is 17.3. The largest absolute Gasteiger partial charge is 0.492 e. The highest BCUT2D eigenvalue weighted by Crippen LogP contribution is 2.19. The number of fused-ring (bicyclic) bond motifs is 1. The molecular formula is C30H35ClN2O2. The Kier molecular flexibility index (Phi) is 10.4. The molecule has 0 saturated heterocycles. The van der Waals surface area contributed by atoms with Gasteiger partial charge in [-0.15, -0.1) is 0 Å². The van der Waals surface area contributed by atoms with Crippen molar-refractivity contribution in [3.8, 4) is 5.75 Å². The average Bonchev–Trinajstić information content (AvgIpc) is 2.86. The van der Waals surface area contributed by atoms with Crippen molar-refractivity contribution in [1.29, 1.82) is 0 Å². The first-order valence-corrected chi connectivity index (χ1v) is 12.6. The number of rotatable bonds is 12. The fourth-order valence-corrected chi connectivity index (χ4v) is 3.95. The van der Waals surface area contributed by atoms with E-state index in [0.29, 0.717) is 31.3 Å². The lowest BCUT2D eigenvalue weighted by molar-refractivity contribution is 0.298. The first-order valence-electron chi connectivity index (χ1n) is 12.2. The Labute approximate surface area is 213 Å². The minimum Gasteiger partial charge on any atom is -0.492 e. The minimum absolute atomic E-state index is 0.0259. The van der Waals surface area contributed by atoms with Crippen LogP contribution in [0.25, 0.3) is 10.9 Å². The third kappa shape index (κ3) is 7.98. The molecular weight excluding hydrogens is 456 g/mol. The zero-order valence-electron chi connectivity index (χ0n) is 20.9. The van der Waals surface area contributed by atoms with E-state index in [1.165, 1.54) is 11.1 Å². The molecule has 184 valence electrons. The molecule has 0 bridgehead atoms. The Morgan fingerprint density at radius 3 is 2.66 bits per heavy atom. The van der Waals surface area contributed by atoms with Gasteiger partial charge in [0.1, 0.15) is 12.4 Å². The van der Waals surface area contributed by atoms with Crippen molar-refractivity contribution in [1.82, 2.24) is 9.88 Å². The topological polar surface area (TPSA) is 43.3 Å². The summed E-state index contributed by atoms with van der Waals surface area (Å²) in [6.07, 6.45) is 10.6. The summed E-state index contributed by atoms with van der Waals surface area (Å²) in [5, 5.41) is 5.04. The highest BCUT2D eigenvalue weighted by Gasteiger charge is 2.10. The van der Waals surface area contributed by atoms with Gasteiger partial charge in [0.25, 0.3) is 5.56 Å². The molecule has 2 aromatic carbocycles. The predicted octanol–water partition coefficient (Wildman–Crippen LogP) is 7.07. The highest BCUT2D eigenvalue weighted by molar-refractivity contribution is 6.31. The Morgan fingerprint density at radius 1 is 1.11 bits per heavy atom. The van der Waals surface area contributed by atoms with Crippen LogP contribution in [0.15, 0.2) is 94.8 Å². The van der Waals surface area contributed by atoms with Crippen LogP contribution in [0.3, 0.4) is 0 Å². The Balaban J connectivity index is 1.76. The molecule has 1 aromatic heterocycles. The van der Waals surface area contributed by atoms with E-state index in [9.17, 15) is 4.79 Å². The van der Waals surface area contributed by atoms with E-state index in [0.717, 1.165) is 35.1 Å². The van der Waals surface area contributed by atoms with Gasteiger partial charge >= 0.3 is 0 Å². The second kappa shape index (κ2) is 13.7. The number of aromatic nitrogens is 1. The van der Waals surface area contributed by atoms with Gasteiger partial charge < -0.3 is 14.6 Å². The SMILES string of the molecule is CC/C=C(/C=C\C=C(/C)CC)CNCc1cc2ccc(Cl)cc2n(CCOc2ccccc2)c1=O. The van der Waals surface area contributed by atoms with Crippen LogP contribution in [0.1, 0.15) is 39.2 Å². The van der Waals surface area contributed by atoms with Gasteiger partial charge in [0.05, 0.1) is 12.1 Å². The van der Waals surface area contributed by atoms with Crippen LogP contribution in [-0.2, 0) is 13.1 Å². The molecule has 1 N–H and O–H groups in total. The molecule has 0 unspecified atom stereocenters. The van der Waals surface area contributed by atoms with E-state index < -0.39 is 0 Å². The van der Waals surface area contributed by atoms with Crippen molar-refractivity contribution in [2.45, 2.75) is 46.7 Å². The second-order valence-electron chi connectivity index (χ2n) is 8.51. The Bertz CT molecular complexity index is 1260. The standard InChI is InChI=1S/C30H35ClN2O2/c1-4-10-24(12-9-11-23(3)5-2)21-32-22-26-19-25-15-16-27(31)20-29(25)33(30(26)34)17-18-35-28-13-7-6-8-14-28/h6-16,19-20,32H,4-5,17-18,21-22H2,1-3H3/b12-9-,23-11+,24-10-. The van der Waals surface area contributed by atoms with Gasteiger partial charge in [-0.25, -0.2) is 0 Å². The van der Waals surface area contributed by atoms with Crippen molar-refractivity contribution in [2.24, 2.45) is 0 Å². The molecule has 0 saturated carbocycles. The summed E-state index contributed by atoms with van der Waals surface area (Å²) in [5.74, 6) is 0.785. The molecule has 0 aliphatic rings. The number of hydrogen-bond donors (Lipinski definition) is 1. The number of pyridine rings is 1. The number of nitrogens with one attached hydrogen (secondary N) is 1. The monoisotopic (exact) mass is 490 g/mol. The minimum atomic E-state index is -0.0259. The Morgan fingerprint density at radius 2 is 1.91 bits per heavy atom. The van der Waals surface area contributed by atoms with Gasteiger partial charge in [0.15, 0.2) is 0 Å². The van der Waals surface area contributed by atoms with Gasteiger partial charge in [0.2, 0.25) is 0 Å². The van der Waals surface area contributed by atoms with Crippen molar-refractivity contribution >= 4 is 22.5 Å². The third-order valence-corrected chi connectivity index (χ3v) is 6.05. The van der Waals surface area contributed by atoms with Crippen LogP contribution in [0.4, 0.5) is 0 Å². The first-order chi connectivity index (χ1) is 17.0. The predicted molar refractivity (Wildman–Crippen MR) is 148 cm³/mol. The number of ether oxygens (including phenoxy) is 1. The molecule has 5 heteroatoms. The molecule has 3 rings (SSSR count). The van der Waals surface area contributed by atoms with Crippen molar-refractivity contribution in [3.63, 3.8) is 0 Å². The lowest BCUT2D eigenvalue weighted by atomic mass is 10.1. The van der Waals surface area contributed by atoms with Crippen LogP contribution < -0.4 is 15.6 Å². The molecule has 0 amide bonds. The Hall–Kier alpha value is -3.08. The van der Waals surface area contributed by atoms with E-state index in [2.05, 4.69) is 50.4 Å². The zero-order chi connectivity index (χ0) is 25.0. The number of nitrogens with zero attached hydrogens (tertiary/aromatic N) is 1. The smallest absolute Gasteiger partial charge is 0.255 e. The molecule has 0 atom stereocenters. The van der Waals surface area contributed by atoms with Gasteiger partial charge in [-0.2, -0.15) is 0 Å². The normalized spacial score (nSPS) is 12.6. The lowest BCUT2D eigenvalue weighted by Crippen LogP contribution is -2.29. The summed E-state index contributed by atoms with van der Waals surface area (Å²) in [5.41, 5.74) is 4.06. The third-order valence-electron chi connectivity index (χ3n) is 5.82. The highest BCUT2D eigenvalue weighted by atomic mass is 35.5. The zero-order valence-corrected chi connectivity index (χ0v) is 21.6. The molecule has 0 spiro atoms. The van der Waals surface area contributed by atoms with E-state index in [4.69, 9.17) is 16.3 Å². The van der Waals surface area contributed by atoms with E-state index in [-0.39, 0.29) is 5.56 Å². The quantitative estimate of drug-likeness (QED) is 0.276. The van der Waals surface area contributed by atoms with Gasteiger partial charge in [-0.3, -0.25) is 4.79 Å². The van der Waals surface area contributed by atoms with Crippen LogP contribution in [0.5, 0.6) is 5.75 Å². The average molecular weight is 491 g/mol. The maximum absolute atomic E-state index is 13.4. The van der Waals surface area contributed by atoms with Gasteiger partial charge in [-0.05, 0) is 61.1 Å². The molecule has 4 nitrogen and oxygen atoms in total. The number of halogens is 1. The molecule has 35 heavy (non-hydrogen) atoms. The van der Waals surface area contributed by atoms with E-state index in [1.807, 2.05) is 54.6 Å². The van der Waals surface area contributed by atoms with Crippen LogP contribution in [-0.4, -0.2) is 17.7 Å². The van der Waals surface area contributed by atoms with Crippen LogP contribution in [0, 0.1) is 0 Å².